The van der Waals surface area contributed by atoms with E-state index in [-0.39, 0.29) is 17.2 Å². The van der Waals surface area contributed by atoms with Crippen LogP contribution in [0.25, 0.3) is 22.7 Å². The van der Waals surface area contributed by atoms with Crippen molar-refractivity contribution in [2.45, 2.75) is 13.8 Å². The number of hydrogen-bond donors (Lipinski definition) is 0. The zero-order valence-corrected chi connectivity index (χ0v) is 17.6. The molecule has 0 unspecified atom stereocenters. The number of ketones is 1. The Bertz CT molecular complexity index is 1370. The molecular formula is C23H19N5O4. The number of nitro groups is 1. The van der Waals surface area contributed by atoms with Crippen molar-refractivity contribution >= 4 is 28.4 Å². The zero-order valence-electron chi connectivity index (χ0n) is 17.6. The van der Waals surface area contributed by atoms with Crippen molar-refractivity contribution in [2.75, 3.05) is 7.11 Å². The molecule has 9 nitrogen and oxygen atoms in total. The first kappa shape index (κ1) is 20.9. The van der Waals surface area contributed by atoms with Crippen LogP contribution < -0.4 is 4.74 Å². The lowest BCUT2D eigenvalue weighted by Gasteiger charge is -2.07. The van der Waals surface area contributed by atoms with Crippen LogP contribution in [0, 0.1) is 24.0 Å². The molecule has 4 rings (SSSR count). The van der Waals surface area contributed by atoms with Crippen molar-refractivity contribution in [3.63, 3.8) is 0 Å². The summed E-state index contributed by atoms with van der Waals surface area (Å²) in [7, 11) is 1.53. The lowest BCUT2D eigenvalue weighted by molar-refractivity contribution is -0.384. The highest BCUT2D eigenvalue weighted by molar-refractivity contribution is 6.06. The van der Waals surface area contributed by atoms with Gasteiger partial charge in [-0.2, -0.15) is 0 Å². The zero-order chi connectivity index (χ0) is 22.8. The van der Waals surface area contributed by atoms with Gasteiger partial charge in [0.15, 0.2) is 5.69 Å². The van der Waals surface area contributed by atoms with Gasteiger partial charge in [0.2, 0.25) is 11.7 Å². The molecule has 0 aliphatic rings. The third-order valence-electron chi connectivity index (χ3n) is 5.00. The maximum Gasteiger partial charge on any atom is 0.269 e. The minimum absolute atomic E-state index is 0.0288. The second-order valence-electron chi connectivity index (χ2n) is 7.19. The molecular weight excluding hydrogens is 410 g/mol. The van der Waals surface area contributed by atoms with Gasteiger partial charge in [-0.05, 0) is 56.3 Å². The molecule has 2 aromatic heterocycles. The first-order valence-corrected chi connectivity index (χ1v) is 9.72. The normalized spacial score (nSPS) is 11.2. The van der Waals surface area contributed by atoms with Crippen LogP contribution in [-0.4, -0.2) is 37.8 Å². The van der Waals surface area contributed by atoms with E-state index in [0.717, 1.165) is 16.5 Å². The van der Waals surface area contributed by atoms with E-state index in [0.29, 0.717) is 22.8 Å². The fourth-order valence-electron chi connectivity index (χ4n) is 3.34. The van der Waals surface area contributed by atoms with Crippen molar-refractivity contribution in [3.8, 4) is 11.6 Å². The first-order chi connectivity index (χ1) is 15.4. The van der Waals surface area contributed by atoms with E-state index in [1.54, 1.807) is 25.1 Å². The first-order valence-electron chi connectivity index (χ1n) is 9.72. The number of pyridine rings is 1. The molecule has 0 aliphatic heterocycles. The summed E-state index contributed by atoms with van der Waals surface area (Å²) in [4.78, 5) is 27.7. The standard InChI is InChI=1S/C23H19N5O4/c1-14-4-10-20-17(12-14)13-16(23(24-20)32-3)5-11-21(29)22-15(2)27(26-25-22)18-6-8-19(9-7-18)28(30)31/h4-13H,1-3H3/b11-5+. The Balaban J connectivity index is 1.63. The van der Waals surface area contributed by atoms with E-state index < -0.39 is 4.92 Å². The number of rotatable bonds is 6. The van der Waals surface area contributed by atoms with E-state index in [4.69, 9.17) is 4.74 Å². The number of carbonyl (C=O) groups excluding carboxylic acids is 1. The van der Waals surface area contributed by atoms with Crippen molar-refractivity contribution < 1.29 is 14.5 Å². The summed E-state index contributed by atoms with van der Waals surface area (Å²) < 4.78 is 6.84. The molecule has 0 saturated heterocycles. The van der Waals surface area contributed by atoms with Crippen LogP contribution in [0.3, 0.4) is 0 Å². The summed E-state index contributed by atoms with van der Waals surface area (Å²) in [5.74, 6) is 0.0821. The topological polar surface area (TPSA) is 113 Å². The van der Waals surface area contributed by atoms with Crippen molar-refractivity contribution in [1.82, 2.24) is 20.0 Å². The monoisotopic (exact) mass is 429 g/mol. The number of non-ortho nitro benzene ring substituents is 1. The molecule has 0 aliphatic carbocycles. The third kappa shape index (κ3) is 3.95. The predicted octanol–water partition coefficient (Wildman–Crippen LogP) is 4.25. The third-order valence-corrected chi connectivity index (χ3v) is 5.00. The van der Waals surface area contributed by atoms with Gasteiger partial charge in [-0.1, -0.05) is 16.8 Å². The van der Waals surface area contributed by atoms with Gasteiger partial charge in [0, 0.05) is 23.1 Å². The Labute approximate surface area is 183 Å². The average Bonchev–Trinajstić information content (AvgIpc) is 3.18. The fraction of sp³-hybridized carbons (Fsp3) is 0.130. The Morgan fingerprint density at radius 2 is 1.88 bits per heavy atom. The number of nitrogens with zero attached hydrogens (tertiary/aromatic N) is 5. The largest absolute Gasteiger partial charge is 0.481 e. The van der Waals surface area contributed by atoms with E-state index in [1.807, 2.05) is 31.2 Å². The van der Waals surface area contributed by atoms with Gasteiger partial charge in [0.05, 0.1) is 28.9 Å². The van der Waals surface area contributed by atoms with Crippen LogP contribution in [0.4, 0.5) is 5.69 Å². The minimum atomic E-state index is -0.477. The smallest absolute Gasteiger partial charge is 0.269 e. The predicted molar refractivity (Wildman–Crippen MR) is 119 cm³/mol. The molecule has 9 heteroatoms. The van der Waals surface area contributed by atoms with Crippen LogP contribution >= 0.6 is 0 Å². The van der Waals surface area contributed by atoms with E-state index in [9.17, 15) is 14.9 Å². The summed E-state index contributed by atoms with van der Waals surface area (Å²) in [6.45, 7) is 3.71. The second kappa shape index (κ2) is 8.38. The Morgan fingerprint density at radius 3 is 2.56 bits per heavy atom. The summed E-state index contributed by atoms with van der Waals surface area (Å²) in [5, 5.41) is 19.8. The minimum Gasteiger partial charge on any atom is -0.481 e. The highest BCUT2D eigenvalue weighted by atomic mass is 16.6. The van der Waals surface area contributed by atoms with Crippen LogP contribution in [0.5, 0.6) is 5.88 Å². The number of aryl methyl sites for hydroxylation is 1. The van der Waals surface area contributed by atoms with Crippen LogP contribution in [-0.2, 0) is 0 Å². The lowest BCUT2D eigenvalue weighted by atomic mass is 10.1. The number of hydrogen-bond acceptors (Lipinski definition) is 7. The quantitative estimate of drug-likeness (QED) is 0.195. The van der Waals surface area contributed by atoms with Gasteiger partial charge >= 0.3 is 0 Å². The molecule has 4 aromatic rings. The molecule has 2 aromatic carbocycles. The van der Waals surface area contributed by atoms with Crippen LogP contribution in [0.1, 0.15) is 27.3 Å². The summed E-state index contributed by atoms with van der Waals surface area (Å²) in [6, 6.07) is 13.7. The van der Waals surface area contributed by atoms with E-state index in [1.165, 1.54) is 30.0 Å². The molecule has 0 amide bonds. The second-order valence-corrected chi connectivity index (χ2v) is 7.19. The van der Waals surface area contributed by atoms with Gasteiger partial charge in [-0.25, -0.2) is 9.67 Å². The number of methoxy groups -OCH3 is 1. The lowest BCUT2D eigenvalue weighted by Crippen LogP contribution is -2.02. The van der Waals surface area contributed by atoms with Crippen LogP contribution in [0.15, 0.2) is 54.6 Å². The fourth-order valence-corrected chi connectivity index (χ4v) is 3.34. The van der Waals surface area contributed by atoms with Gasteiger partial charge < -0.3 is 4.74 Å². The highest BCUT2D eigenvalue weighted by Gasteiger charge is 2.16. The summed E-state index contributed by atoms with van der Waals surface area (Å²) in [5.41, 5.74) is 3.82. The summed E-state index contributed by atoms with van der Waals surface area (Å²) in [6.07, 6.45) is 3.04. The molecule has 32 heavy (non-hydrogen) atoms. The number of fused-ring (bicyclic) bond motifs is 1. The number of nitro benzene ring substituents is 1. The summed E-state index contributed by atoms with van der Waals surface area (Å²) >= 11 is 0. The molecule has 0 bridgehead atoms. The molecule has 0 spiro atoms. The molecule has 160 valence electrons. The van der Waals surface area contributed by atoms with E-state index in [2.05, 4.69) is 15.3 Å². The number of aromatic nitrogens is 4. The van der Waals surface area contributed by atoms with Crippen molar-refractivity contribution in [1.29, 1.82) is 0 Å². The Morgan fingerprint density at radius 1 is 1.12 bits per heavy atom. The van der Waals surface area contributed by atoms with Gasteiger partial charge in [0.25, 0.3) is 5.69 Å². The van der Waals surface area contributed by atoms with E-state index >= 15 is 0 Å². The SMILES string of the molecule is COc1nc2ccc(C)cc2cc1/C=C/C(=O)c1nnn(-c2ccc([N+](=O)[O-])cc2)c1C. The molecule has 0 fully saturated rings. The maximum atomic E-state index is 12.8. The Kier molecular flexibility index (Phi) is 5.46. The molecule has 0 N–H and O–H groups in total. The molecule has 2 heterocycles. The van der Waals surface area contributed by atoms with Gasteiger partial charge in [-0.15, -0.1) is 5.10 Å². The van der Waals surface area contributed by atoms with Crippen molar-refractivity contribution in [2.24, 2.45) is 0 Å². The number of allylic oxidation sites excluding steroid dienone is 1. The average molecular weight is 429 g/mol. The highest BCUT2D eigenvalue weighted by Crippen LogP contribution is 2.24. The number of carbonyl (C=O) groups is 1. The molecule has 0 radical (unpaired) electrons. The number of benzene rings is 2. The maximum absolute atomic E-state index is 12.8. The van der Waals surface area contributed by atoms with Gasteiger partial charge in [0.1, 0.15) is 0 Å². The number of ether oxygens (including phenoxy) is 1. The molecule has 0 atom stereocenters. The Hall–Kier alpha value is -4.40. The molecule has 0 saturated carbocycles. The van der Waals surface area contributed by atoms with Crippen molar-refractivity contribution in [3.05, 3.63) is 87.2 Å². The van der Waals surface area contributed by atoms with Gasteiger partial charge in [-0.3, -0.25) is 14.9 Å². The van der Waals surface area contributed by atoms with Crippen LogP contribution in [0.2, 0.25) is 0 Å².